The number of ether oxygens (including phenoxy) is 6. The SMILES string of the molecule is COC(=O)[C@H](Cc1cc(OC(=O)OC(C)(C)C)c(OC(=O)OC(C)(C)C)c[c]1[Sn]([CH3])([CH3])[CH3])NC(=O)OC(C)(C)C. The van der Waals surface area contributed by atoms with Gasteiger partial charge in [-0.15, -0.1) is 0 Å². The van der Waals surface area contributed by atoms with E-state index in [0.717, 1.165) is 3.58 Å². The van der Waals surface area contributed by atoms with Gasteiger partial charge in [-0.05, 0) is 0 Å². The van der Waals surface area contributed by atoms with Crippen LogP contribution in [0.5, 0.6) is 11.5 Å². The molecule has 0 aliphatic carbocycles. The molecule has 0 aliphatic rings. The first-order valence-electron chi connectivity index (χ1n) is 13.0. The molecule has 0 aromatic heterocycles. The molecule has 12 heteroatoms. The Morgan fingerprint density at radius 1 is 0.750 bits per heavy atom. The molecule has 0 unspecified atom stereocenters. The Morgan fingerprint density at radius 2 is 1.18 bits per heavy atom. The minimum atomic E-state index is -3.05. The molecule has 0 spiro atoms. The molecule has 11 nitrogen and oxygen atoms in total. The predicted molar refractivity (Wildman–Crippen MR) is 152 cm³/mol. The molecule has 0 heterocycles. The van der Waals surface area contributed by atoms with Crippen molar-refractivity contribution < 1.29 is 47.6 Å². The Hall–Kier alpha value is -2.70. The van der Waals surface area contributed by atoms with Crippen molar-refractivity contribution in [2.45, 2.75) is 106 Å². The third-order valence-corrected chi connectivity index (χ3v) is 10.7. The van der Waals surface area contributed by atoms with E-state index >= 15 is 0 Å². The Morgan fingerprint density at radius 3 is 1.55 bits per heavy atom. The fourth-order valence-corrected chi connectivity index (χ4v) is 8.21. The van der Waals surface area contributed by atoms with Gasteiger partial charge in [0.25, 0.3) is 0 Å². The van der Waals surface area contributed by atoms with Gasteiger partial charge in [-0.3, -0.25) is 0 Å². The van der Waals surface area contributed by atoms with Crippen LogP contribution in [0.15, 0.2) is 12.1 Å². The van der Waals surface area contributed by atoms with Crippen molar-refractivity contribution in [1.29, 1.82) is 0 Å². The van der Waals surface area contributed by atoms with Gasteiger partial charge >= 0.3 is 242 Å². The van der Waals surface area contributed by atoms with Gasteiger partial charge in [-0.1, -0.05) is 0 Å². The number of carbonyl (C=O) groups excluding carboxylic acids is 4. The average Bonchev–Trinajstić information content (AvgIpc) is 2.69. The molecular formula is C28H45NO10Sn. The second-order valence-corrected chi connectivity index (χ2v) is 27.6. The molecule has 226 valence electrons. The van der Waals surface area contributed by atoms with E-state index in [9.17, 15) is 19.2 Å². The molecule has 1 rings (SSSR count). The van der Waals surface area contributed by atoms with Gasteiger partial charge in [0.2, 0.25) is 0 Å². The standard InChI is InChI=1S/C25H36NO10.3CH3.Sn/c1-23(2,3)34-20(28)26-16(19(27)31-10)13-15-11-12-17(32-21(29)35-24(4,5)6)18(14-15)33-22(30)36-25(7,8)9;;;;/h12,14,16H,13H2,1-10H3,(H,26,28);3*1H3;/t16-;;;;/m0..../s1. The van der Waals surface area contributed by atoms with Gasteiger partial charge in [-0.2, -0.15) is 0 Å². The number of hydrogen-bond donors (Lipinski definition) is 1. The Balaban J connectivity index is 3.65. The summed E-state index contributed by atoms with van der Waals surface area (Å²) in [6.07, 6.45) is -2.80. The number of nitrogens with one attached hydrogen (secondary N) is 1. The zero-order valence-electron chi connectivity index (χ0n) is 26.0. The zero-order chi connectivity index (χ0) is 31.3. The predicted octanol–water partition coefficient (Wildman–Crippen LogP) is 5.47. The fraction of sp³-hybridized carbons (Fsp3) is 0.643. The molecule has 1 amide bonds. The second-order valence-electron chi connectivity index (χ2n) is 13.3. The molecule has 0 saturated heterocycles. The fourth-order valence-electron chi connectivity index (χ4n) is 3.36. The molecule has 40 heavy (non-hydrogen) atoms. The maximum atomic E-state index is 12.7. The quantitative estimate of drug-likeness (QED) is 0.172. The molecule has 1 aromatic rings. The monoisotopic (exact) mass is 675 g/mol. The summed E-state index contributed by atoms with van der Waals surface area (Å²) in [4.78, 5) is 56.7. The van der Waals surface area contributed by atoms with Crippen LogP contribution in [0, 0.1) is 0 Å². The number of hydrogen-bond acceptors (Lipinski definition) is 10. The van der Waals surface area contributed by atoms with Gasteiger partial charge in [0, 0.05) is 0 Å². The van der Waals surface area contributed by atoms with Crippen LogP contribution in [0.1, 0.15) is 67.9 Å². The van der Waals surface area contributed by atoms with E-state index in [1.165, 1.54) is 13.2 Å². The van der Waals surface area contributed by atoms with Crippen LogP contribution >= 0.6 is 0 Å². The first-order valence-corrected chi connectivity index (χ1v) is 23.0. The second kappa shape index (κ2) is 13.3. The van der Waals surface area contributed by atoms with Crippen molar-refractivity contribution in [3.8, 4) is 11.5 Å². The summed E-state index contributed by atoms with van der Waals surface area (Å²) in [5.41, 5.74) is -1.85. The third kappa shape index (κ3) is 13.1. The van der Waals surface area contributed by atoms with E-state index in [4.69, 9.17) is 28.4 Å². The third-order valence-electron chi connectivity index (χ3n) is 4.74. The number of methoxy groups -OCH3 is 1. The Bertz CT molecular complexity index is 1090. The van der Waals surface area contributed by atoms with Crippen LogP contribution in [0.2, 0.25) is 14.8 Å². The molecule has 0 saturated carbocycles. The van der Waals surface area contributed by atoms with Gasteiger partial charge < -0.3 is 0 Å². The van der Waals surface area contributed by atoms with Crippen LogP contribution in [0.25, 0.3) is 0 Å². The summed E-state index contributed by atoms with van der Waals surface area (Å²) in [6.45, 7) is 15.2. The number of carbonyl (C=O) groups is 4. The van der Waals surface area contributed by atoms with E-state index in [1.54, 1.807) is 68.4 Å². The van der Waals surface area contributed by atoms with Crippen LogP contribution in [0.4, 0.5) is 14.4 Å². The summed E-state index contributed by atoms with van der Waals surface area (Å²) < 4.78 is 32.7. The number of rotatable bonds is 7. The Kier molecular flexibility index (Phi) is 11.8. The molecule has 0 aliphatic heterocycles. The molecule has 1 N–H and O–H groups in total. The van der Waals surface area contributed by atoms with Crippen molar-refractivity contribution in [3.05, 3.63) is 17.7 Å². The van der Waals surface area contributed by atoms with Crippen LogP contribution < -0.4 is 18.4 Å². The van der Waals surface area contributed by atoms with Crippen LogP contribution in [0.3, 0.4) is 0 Å². The molecule has 0 fully saturated rings. The van der Waals surface area contributed by atoms with Gasteiger partial charge in [0.15, 0.2) is 0 Å². The zero-order valence-corrected chi connectivity index (χ0v) is 28.9. The van der Waals surface area contributed by atoms with Crippen LogP contribution in [-0.2, 0) is 30.2 Å². The van der Waals surface area contributed by atoms with E-state index in [-0.39, 0.29) is 17.9 Å². The summed E-state index contributed by atoms with van der Waals surface area (Å²) in [5.74, 6) is -0.847. The topological polar surface area (TPSA) is 136 Å². The number of benzene rings is 1. The summed E-state index contributed by atoms with van der Waals surface area (Å²) >= 11 is -3.05. The van der Waals surface area contributed by atoms with Gasteiger partial charge in [0.1, 0.15) is 0 Å². The van der Waals surface area contributed by atoms with Crippen molar-refractivity contribution >= 4 is 46.3 Å². The van der Waals surface area contributed by atoms with Gasteiger partial charge in [-0.25, -0.2) is 0 Å². The molecule has 0 radical (unpaired) electrons. The number of alkyl carbamates (subject to hydrolysis) is 1. The first-order chi connectivity index (χ1) is 17.9. The molecule has 0 bridgehead atoms. The molecular weight excluding hydrogens is 629 g/mol. The van der Waals surface area contributed by atoms with Crippen LogP contribution in [-0.4, -0.2) is 72.7 Å². The maximum absolute atomic E-state index is 12.7. The van der Waals surface area contributed by atoms with Crippen molar-refractivity contribution in [1.82, 2.24) is 5.32 Å². The first kappa shape index (κ1) is 35.3. The average molecular weight is 674 g/mol. The van der Waals surface area contributed by atoms with Crippen molar-refractivity contribution in [3.63, 3.8) is 0 Å². The van der Waals surface area contributed by atoms with E-state index in [0.29, 0.717) is 5.56 Å². The van der Waals surface area contributed by atoms with E-state index < -0.39 is 65.6 Å². The number of amides is 1. The van der Waals surface area contributed by atoms with Crippen molar-refractivity contribution in [2.24, 2.45) is 0 Å². The van der Waals surface area contributed by atoms with Gasteiger partial charge in [0.05, 0.1) is 0 Å². The number of esters is 1. The summed E-state index contributed by atoms with van der Waals surface area (Å²) in [5, 5.41) is 2.57. The summed E-state index contributed by atoms with van der Waals surface area (Å²) in [7, 11) is 1.21. The summed E-state index contributed by atoms with van der Waals surface area (Å²) in [6, 6.07) is 2.02. The van der Waals surface area contributed by atoms with E-state index in [1.807, 2.05) is 0 Å². The normalized spacial score (nSPS) is 13.0. The Labute approximate surface area is 241 Å². The minimum absolute atomic E-state index is 0.00711. The van der Waals surface area contributed by atoms with E-state index in [2.05, 4.69) is 20.1 Å². The molecule has 1 aromatic carbocycles. The molecule has 1 atom stereocenters. The van der Waals surface area contributed by atoms with Crippen molar-refractivity contribution in [2.75, 3.05) is 7.11 Å².